The van der Waals surface area contributed by atoms with Gasteiger partial charge in [0.2, 0.25) is 0 Å². The van der Waals surface area contributed by atoms with Crippen molar-refractivity contribution < 1.29 is 9.47 Å². The SMILES string of the molecule is CN=C(NCCCOCCOC)NCc1ccc(N(C)C)cc1.I. The highest BCUT2D eigenvalue weighted by molar-refractivity contribution is 14.0. The average Bonchev–Trinajstić information content (AvgIpc) is 2.57. The lowest BCUT2D eigenvalue weighted by atomic mass is 10.2. The molecule has 0 fully saturated rings. The highest BCUT2D eigenvalue weighted by Crippen LogP contribution is 2.11. The number of guanidine groups is 1. The standard InChI is InChI=1S/C17H30N4O2.HI/c1-18-17(19-10-5-11-23-13-12-22-4)20-14-15-6-8-16(9-7-15)21(2)3;/h6-9H,5,10-14H2,1-4H3,(H2,18,19,20);1H. The molecule has 2 N–H and O–H groups in total. The molecule has 0 aliphatic carbocycles. The average molecular weight is 450 g/mol. The van der Waals surface area contributed by atoms with E-state index >= 15 is 0 Å². The summed E-state index contributed by atoms with van der Waals surface area (Å²) >= 11 is 0. The minimum Gasteiger partial charge on any atom is -0.382 e. The third-order valence-electron chi connectivity index (χ3n) is 3.33. The second-order valence-electron chi connectivity index (χ2n) is 5.37. The number of benzene rings is 1. The molecule has 7 heteroatoms. The first-order valence-corrected chi connectivity index (χ1v) is 7.95. The minimum absolute atomic E-state index is 0. The predicted octanol–water partition coefficient (Wildman–Crippen LogP) is 2.09. The molecule has 0 atom stereocenters. The fraction of sp³-hybridized carbons (Fsp3) is 0.588. The van der Waals surface area contributed by atoms with E-state index in [9.17, 15) is 0 Å². The summed E-state index contributed by atoms with van der Waals surface area (Å²) in [5, 5.41) is 6.59. The maximum Gasteiger partial charge on any atom is 0.191 e. The summed E-state index contributed by atoms with van der Waals surface area (Å²) in [5.74, 6) is 0.804. The number of ether oxygens (including phenoxy) is 2. The van der Waals surface area contributed by atoms with Gasteiger partial charge in [-0.15, -0.1) is 24.0 Å². The summed E-state index contributed by atoms with van der Waals surface area (Å²) in [6, 6.07) is 8.48. The van der Waals surface area contributed by atoms with E-state index < -0.39 is 0 Å². The molecule has 0 spiro atoms. The summed E-state index contributed by atoms with van der Waals surface area (Å²) < 4.78 is 10.3. The molecule has 1 rings (SSSR count). The molecule has 0 amide bonds. The van der Waals surface area contributed by atoms with Crippen LogP contribution >= 0.6 is 24.0 Å². The molecule has 1 aromatic rings. The quantitative estimate of drug-likeness (QED) is 0.248. The smallest absolute Gasteiger partial charge is 0.191 e. The molecule has 0 saturated heterocycles. The Balaban J connectivity index is 0.00000529. The second-order valence-corrected chi connectivity index (χ2v) is 5.37. The van der Waals surface area contributed by atoms with Crippen LogP contribution in [0.2, 0.25) is 0 Å². The lowest BCUT2D eigenvalue weighted by Gasteiger charge is -2.14. The molecule has 0 saturated carbocycles. The van der Waals surface area contributed by atoms with E-state index in [1.54, 1.807) is 14.2 Å². The van der Waals surface area contributed by atoms with E-state index in [1.165, 1.54) is 11.3 Å². The number of rotatable bonds is 10. The van der Waals surface area contributed by atoms with Gasteiger partial charge in [0.25, 0.3) is 0 Å². The molecular formula is C17H31IN4O2. The van der Waals surface area contributed by atoms with Gasteiger partial charge in [0.15, 0.2) is 5.96 Å². The van der Waals surface area contributed by atoms with Gasteiger partial charge in [0.05, 0.1) is 13.2 Å². The van der Waals surface area contributed by atoms with Crippen molar-refractivity contribution in [2.45, 2.75) is 13.0 Å². The molecule has 1 aromatic carbocycles. The van der Waals surface area contributed by atoms with Crippen molar-refractivity contribution in [3.8, 4) is 0 Å². The monoisotopic (exact) mass is 450 g/mol. The molecule has 0 aliphatic rings. The minimum atomic E-state index is 0. The molecule has 0 bridgehead atoms. The maximum absolute atomic E-state index is 5.42. The Hall–Kier alpha value is -1.06. The van der Waals surface area contributed by atoms with Crippen LogP contribution in [0.3, 0.4) is 0 Å². The summed E-state index contributed by atoms with van der Waals surface area (Å²) in [5.41, 5.74) is 2.42. The van der Waals surface area contributed by atoms with Crippen molar-refractivity contribution in [3.05, 3.63) is 29.8 Å². The normalized spacial score (nSPS) is 10.9. The summed E-state index contributed by atoms with van der Waals surface area (Å²) in [7, 11) is 7.53. The summed E-state index contributed by atoms with van der Waals surface area (Å²) in [6.07, 6.45) is 0.932. The fourth-order valence-corrected chi connectivity index (χ4v) is 1.94. The predicted molar refractivity (Wildman–Crippen MR) is 112 cm³/mol. The molecule has 0 radical (unpaired) electrons. The molecular weight excluding hydrogens is 419 g/mol. The zero-order valence-electron chi connectivity index (χ0n) is 15.2. The van der Waals surface area contributed by atoms with Gasteiger partial charge in [0, 0.05) is 53.6 Å². The van der Waals surface area contributed by atoms with Crippen LogP contribution in [0.4, 0.5) is 5.69 Å². The van der Waals surface area contributed by atoms with Crippen LogP contribution in [0.1, 0.15) is 12.0 Å². The first kappa shape index (κ1) is 22.9. The third-order valence-corrected chi connectivity index (χ3v) is 3.33. The van der Waals surface area contributed by atoms with Crippen molar-refractivity contribution in [3.63, 3.8) is 0 Å². The van der Waals surface area contributed by atoms with Crippen molar-refractivity contribution in [2.75, 3.05) is 59.5 Å². The second kappa shape index (κ2) is 14.3. The number of nitrogens with one attached hydrogen (secondary N) is 2. The third kappa shape index (κ3) is 9.94. The zero-order valence-corrected chi connectivity index (χ0v) is 17.5. The molecule has 0 aromatic heterocycles. The van der Waals surface area contributed by atoms with Gasteiger partial charge in [-0.25, -0.2) is 0 Å². The van der Waals surface area contributed by atoms with Crippen LogP contribution in [0.15, 0.2) is 29.3 Å². The molecule has 0 aliphatic heterocycles. The van der Waals surface area contributed by atoms with Crippen molar-refractivity contribution in [2.24, 2.45) is 4.99 Å². The Morgan fingerprint density at radius 2 is 1.79 bits per heavy atom. The number of hydrogen-bond acceptors (Lipinski definition) is 4. The topological polar surface area (TPSA) is 58.1 Å². The van der Waals surface area contributed by atoms with Gasteiger partial charge in [-0.2, -0.15) is 0 Å². The Morgan fingerprint density at radius 1 is 1.08 bits per heavy atom. The molecule has 6 nitrogen and oxygen atoms in total. The van der Waals surface area contributed by atoms with E-state index in [0.717, 1.165) is 32.1 Å². The first-order chi connectivity index (χ1) is 11.2. The number of aliphatic imine (C=N–C) groups is 1. The Morgan fingerprint density at radius 3 is 2.38 bits per heavy atom. The van der Waals surface area contributed by atoms with Crippen LogP contribution in [-0.2, 0) is 16.0 Å². The number of methoxy groups -OCH3 is 1. The lowest BCUT2D eigenvalue weighted by molar-refractivity contribution is 0.0698. The van der Waals surface area contributed by atoms with Gasteiger partial charge >= 0.3 is 0 Å². The van der Waals surface area contributed by atoms with E-state index in [4.69, 9.17) is 9.47 Å². The Labute approximate surface area is 163 Å². The first-order valence-electron chi connectivity index (χ1n) is 7.95. The Bertz CT molecular complexity index is 452. The van der Waals surface area contributed by atoms with Gasteiger partial charge < -0.3 is 25.0 Å². The summed E-state index contributed by atoms with van der Waals surface area (Å²) in [4.78, 5) is 6.31. The van der Waals surface area contributed by atoms with Gasteiger partial charge in [0.1, 0.15) is 0 Å². The fourth-order valence-electron chi connectivity index (χ4n) is 1.94. The van der Waals surface area contributed by atoms with Gasteiger partial charge in [-0.1, -0.05) is 12.1 Å². The van der Waals surface area contributed by atoms with Crippen molar-refractivity contribution >= 4 is 35.6 Å². The Kier molecular flexibility index (Phi) is 13.7. The molecule has 0 heterocycles. The largest absolute Gasteiger partial charge is 0.382 e. The van der Waals surface area contributed by atoms with Crippen LogP contribution in [-0.4, -0.2) is 60.6 Å². The van der Waals surface area contributed by atoms with Crippen LogP contribution < -0.4 is 15.5 Å². The van der Waals surface area contributed by atoms with E-state index in [1.807, 2.05) is 14.1 Å². The summed E-state index contributed by atoms with van der Waals surface area (Å²) in [6.45, 7) is 3.58. The molecule has 138 valence electrons. The molecule has 24 heavy (non-hydrogen) atoms. The van der Waals surface area contributed by atoms with Crippen LogP contribution in [0, 0.1) is 0 Å². The highest BCUT2D eigenvalue weighted by atomic mass is 127. The highest BCUT2D eigenvalue weighted by Gasteiger charge is 1.99. The van der Waals surface area contributed by atoms with Crippen molar-refractivity contribution in [1.82, 2.24) is 10.6 Å². The van der Waals surface area contributed by atoms with Gasteiger partial charge in [-0.3, -0.25) is 4.99 Å². The van der Waals surface area contributed by atoms with E-state index in [2.05, 4.69) is 44.8 Å². The van der Waals surface area contributed by atoms with Gasteiger partial charge in [-0.05, 0) is 24.1 Å². The van der Waals surface area contributed by atoms with Crippen LogP contribution in [0.25, 0.3) is 0 Å². The maximum atomic E-state index is 5.42. The number of nitrogens with zero attached hydrogens (tertiary/aromatic N) is 2. The number of halogens is 1. The number of anilines is 1. The lowest BCUT2D eigenvalue weighted by Crippen LogP contribution is -2.37. The zero-order chi connectivity index (χ0) is 16.9. The van der Waals surface area contributed by atoms with E-state index in [-0.39, 0.29) is 24.0 Å². The molecule has 0 unspecified atom stereocenters. The van der Waals surface area contributed by atoms with Crippen LogP contribution in [0.5, 0.6) is 0 Å². The number of hydrogen-bond donors (Lipinski definition) is 2. The van der Waals surface area contributed by atoms with E-state index in [0.29, 0.717) is 13.2 Å². The van der Waals surface area contributed by atoms with Crippen molar-refractivity contribution in [1.29, 1.82) is 0 Å².